The normalized spacial score (nSPS) is 14.4. The van der Waals surface area contributed by atoms with E-state index < -0.39 is 21.3 Å². The van der Waals surface area contributed by atoms with Crippen molar-refractivity contribution in [3.8, 4) is 5.75 Å². The van der Waals surface area contributed by atoms with Crippen LogP contribution in [0.3, 0.4) is 0 Å². The fourth-order valence-corrected chi connectivity index (χ4v) is 2.43. The van der Waals surface area contributed by atoms with E-state index in [9.17, 15) is 13.2 Å². The zero-order chi connectivity index (χ0) is 16.1. The van der Waals surface area contributed by atoms with Gasteiger partial charge in [-0.25, -0.2) is 8.42 Å². The maximum absolute atomic E-state index is 11.3. The summed E-state index contributed by atoms with van der Waals surface area (Å²) in [5.41, 5.74) is 4.55. The first-order valence-corrected chi connectivity index (χ1v) is 8.53. The Morgan fingerprint density at radius 3 is 2.33 bits per heavy atom. The molecule has 1 rings (SSSR count). The molecule has 1 unspecified atom stereocenters. The number of hydrogen-bond acceptors (Lipinski definition) is 5. The first kappa shape index (κ1) is 17.5. The third-order valence-electron chi connectivity index (χ3n) is 3.34. The summed E-state index contributed by atoms with van der Waals surface area (Å²) in [6, 6.07) is 6.09. The fraction of sp³-hybridized carbons (Fsp3) is 0.500. The lowest BCUT2D eigenvalue weighted by molar-refractivity contribution is -0.143. The van der Waals surface area contributed by atoms with E-state index in [-0.39, 0.29) is 4.90 Å². The van der Waals surface area contributed by atoms with Crippen LogP contribution in [0.2, 0.25) is 0 Å². The van der Waals surface area contributed by atoms with E-state index in [0.29, 0.717) is 31.6 Å². The minimum absolute atomic E-state index is 0.229. The van der Waals surface area contributed by atoms with Crippen LogP contribution in [0.25, 0.3) is 0 Å². The number of carbonyl (C=O) groups is 1. The number of ether oxygens (including phenoxy) is 1. The quantitative estimate of drug-likeness (QED) is 0.703. The number of carboxylic acid groups (broad SMARTS) is 1. The van der Waals surface area contributed by atoms with Crippen LogP contribution < -0.4 is 10.5 Å². The third-order valence-corrected chi connectivity index (χ3v) is 4.47. The van der Waals surface area contributed by atoms with Gasteiger partial charge in [-0.3, -0.25) is 4.79 Å². The monoisotopic (exact) mass is 315 g/mol. The van der Waals surface area contributed by atoms with Crippen molar-refractivity contribution in [2.24, 2.45) is 5.73 Å². The Morgan fingerprint density at radius 2 is 1.90 bits per heavy atom. The Kier molecular flexibility index (Phi) is 5.74. The molecule has 0 aromatic heterocycles. The molecule has 0 amide bonds. The lowest BCUT2D eigenvalue weighted by Gasteiger charge is -2.22. The zero-order valence-corrected chi connectivity index (χ0v) is 13.0. The molecule has 0 radical (unpaired) electrons. The minimum atomic E-state index is -3.21. The number of benzene rings is 1. The molecule has 0 bridgehead atoms. The number of hydrogen-bond donors (Lipinski definition) is 2. The Bertz CT molecular complexity index is 582. The second-order valence-electron chi connectivity index (χ2n) is 5.01. The van der Waals surface area contributed by atoms with Crippen LogP contribution in [-0.4, -0.2) is 37.9 Å². The van der Waals surface area contributed by atoms with Gasteiger partial charge in [-0.2, -0.15) is 0 Å². The van der Waals surface area contributed by atoms with Crippen molar-refractivity contribution in [3.63, 3.8) is 0 Å². The molecule has 3 N–H and O–H groups in total. The summed E-state index contributed by atoms with van der Waals surface area (Å²) in [6.45, 7) is 2.06. The van der Waals surface area contributed by atoms with Crippen LogP contribution in [0.1, 0.15) is 26.2 Å². The lowest BCUT2D eigenvalue weighted by Crippen LogP contribution is -2.47. The minimum Gasteiger partial charge on any atom is -0.494 e. The van der Waals surface area contributed by atoms with Gasteiger partial charge in [0, 0.05) is 6.26 Å². The van der Waals surface area contributed by atoms with Gasteiger partial charge in [0.05, 0.1) is 11.5 Å². The van der Waals surface area contributed by atoms with Crippen LogP contribution in [-0.2, 0) is 14.6 Å². The number of sulfone groups is 1. The molecule has 0 spiro atoms. The van der Waals surface area contributed by atoms with E-state index >= 15 is 0 Å². The number of nitrogens with two attached hydrogens (primary N) is 1. The summed E-state index contributed by atoms with van der Waals surface area (Å²) >= 11 is 0. The summed E-state index contributed by atoms with van der Waals surface area (Å²) in [7, 11) is -3.21. The molecule has 0 aliphatic carbocycles. The molecule has 118 valence electrons. The highest BCUT2D eigenvalue weighted by Gasteiger charge is 2.30. The highest BCUT2D eigenvalue weighted by molar-refractivity contribution is 7.90. The highest BCUT2D eigenvalue weighted by atomic mass is 32.2. The summed E-state index contributed by atoms with van der Waals surface area (Å²) < 4.78 is 28.1. The van der Waals surface area contributed by atoms with Gasteiger partial charge in [-0.05, 0) is 43.5 Å². The van der Waals surface area contributed by atoms with Gasteiger partial charge < -0.3 is 15.6 Å². The molecule has 6 nitrogen and oxygen atoms in total. The van der Waals surface area contributed by atoms with Crippen molar-refractivity contribution in [1.82, 2.24) is 0 Å². The van der Waals surface area contributed by atoms with E-state index in [1.165, 1.54) is 12.1 Å². The Hall–Kier alpha value is -1.60. The molecule has 0 saturated heterocycles. The topological polar surface area (TPSA) is 107 Å². The molecule has 0 saturated carbocycles. The van der Waals surface area contributed by atoms with Gasteiger partial charge in [0.2, 0.25) is 0 Å². The molecule has 0 aliphatic rings. The maximum Gasteiger partial charge on any atom is 0.323 e. The summed E-state index contributed by atoms with van der Waals surface area (Å²) in [5, 5.41) is 9.03. The highest BCUT2D eigenvalue weighted by Crippen LogP contribution is 2.18. The van der Waals surface area contributed by atoms with Crippen LogP contribution in [0.4, 0.5) is 0 Å². The Morgan fingerprint density at radius 1 is 1.33 bits per heavy atom. The predicted molar refractivity (Wildman–Crippen MR) is 79.1 cm³/mol. The van der Waals surface area contributed by atoms with Crippen LogP contribution in [0.15, 0.2) is 29.2 Å². The van der Waals surface area contributed by atoms with Gasteiger partial charge in [0.15, 0.2) is 9.84 Å². The van der Waals surface area contributed by atoms with E-state index in [4.69, 9.17) is 15.6 Å². The smallest absolute Gasteiger partial charge is 0.323 e. The Labute approximate surface area is 124 Å². The molecule has 1 aromatic carbocycles. The second kappa shape index (κ2) is 6.91. The average Bonchev–Trinajstić information content (AvgIpc) is 2.42. The van der Waals surface area contributed by atoms with E-state index in [2.05, 4.69) is 0 Å². The van der Waals surface area contributed by atoms with Crippen molar-refractivity contribution in [1.29, 1.82) is 0 Å². The van der Waals surface area contributed by atoms with Gasteiger partial charge in [0.1, 0.15) is 11.3 Å². The van der Waals surface area contributed by atoms with E-state index in [0.717, 1.165) is 6.26 Å². The third kappa shape index (κ3) is 5.02. The van der Waals surface area contributed by atoms with Gasteiger partial charge in [0.25, 0.3) is 0 Å². The molecule has 0 heterocycles. The van der Waals surface area contributed by atoms with E-state index in [1.807, 2.05) is 0 Å². The summed E-state index contributed by atoms with van der Waals surface area (Å²) in [4.78, 5) is 11.3. The summed E-state index contributed by atoms with van der Waals surface area (Å²) in [5.74, 6) is -0.473. The maximum atomic E-state index is 11.3. The summed E-state index contributed by atoms with van der Waals surface area (Å²) in [6.07, 6.45) is 2.32. The predicted octanol–water partition coefficient (Wildman–Crippen LogP) is 1.44. The van der Waals surface area contributed by atoms with Crippen molar-refractivity contribution in [3.05, 3.63) is 24.3 Å². The fourth-order valence-electron chi connectivity index (χ4n) is 1.80. The number of aliphatic carboxylic acids is 1. The van der Waals surface area contributed by atoms with Gasteiger partial charge in [-0.15, -0.1) is 0 Å². The van der Waals surface area contributed by atoms with Gasteiger partial charge in [-0.1, -0.05) is 6.92 Å². The molecule has 1 atom stereocenters. The van der Waals surface area contributed by atoms with Crippen molar-refractivity contribution in [2.75, 3.05) is 12.9 Å². The molecule has 1 aromatic rings. The molecule has 0 fully saturated rings. The molecule has 0 aliphatic heterocycles. The first-order valence-electron chi connectivity index (χ1n) is 6.64. The van der Waals surface area contributed by atoms with Crippen LogP contribution in [0, 0.1) is 0 Å². The molecule has 21 heavy (non-hydrogen) atoms. The van der Waals surface area contributed by atoms with Crippen molar-refractivity contribution < 1.29 is 23.1 Å². The lowest BCUT2D eigenvalue weighted by atomic mass is 9.92. The Balaban J connectivity index is 2.48. The largest absolute Gasteiger partial charge is 0.494 e. The standard InChI is InChI=1S/C14H21NO5S/c1-3-14(15,13(16)17)9-4-10-20-11-5-7-12(8-6-11)21(2,18)19/h5-8H,3-4,9-10,15H2,1-2H3,(H,16,17). The molecular weight excluding hydrogens is 294 g/mol. The average molecular weight is 315 g/mol. The zero-order valence-electron chi connectivity index (χ0n) is 12.2. The SMILES string of the molecule is CCC(N)(CCCOc1ccc(S(C)(=O)=O)cc1)C(=O)O. The second-order valence-corrected chi connectivity index (χ2v) is 7.03. The molecule has 7 heteroatoms. The molecular formula is C14H21NO5S. The van der Waals surface area contributed by atoms with Gasteiger partial charge >= 0.3 is 5.97 Å². The van der Waals surface area contributed by atoms with Crippen LogP contribution in [0.5, 0.6) is 5.75 Å². The number of carboxylic acids is 1. The van der Waals surface area contributed by atoms with E-state index in [1.54, 1.807) is 19.1 Å². The number of rotatable bonds is 8. The van der Waals surface area contributed by atoms with Crippen molar-refractivity contribution >= 4 is 15.8 Å². The van der Waals surface area contributed by atoms with Crippen molar-refractivity contribution in [2.45, 2.75) is 36.6 Å². The van der Waals surface area contributed by atoms with Crippen LogP contribution >= 0.6 is 0 Å². The first-order chi connectivity index (χ1) is 9.69.